The van der Waals surface area contributed by atoms with E-state index in [2.05, 4.69) is 55.5 Å². The number of hydrogen-bond donors (Lipinski definition) is 6. The van der Waals surface area contributed by atoms with Crippen molar-refractivity contribution in [3.8, 4) is 0 Å². The summed E-state index contributed by atoms with van der Waals surface area (Å²) in [5, 5.41) is 47.0. The Balaban J connectivity index is 1.26. The Labute approximate surface area is 248 Å². The maximum absolute atomic E-state index is 12.6. The van der Waals surface area contributed by atoms with Gasteiger partial charge in [-0.2, -0.15) is 14.8 Å². The molecule has 0 saturated carbocycles. The van der Waals surface area contributed by atoms with Gasteiger partial charge < -0.3 is 41.1 Å². The van der Waals surface area contributed by atoms with Gasteiger partial charge in [0.25, 0.3) is 0 Å². The summed E-state index contributed by atoms with van der Waals surface area (Å²) in [6.45, 7) is 9.49. The van der Waals surface area contributed by atoms with Gasteiger partial charge in [0.15, 0.2) is 29.3 Å². The third-order valence-electron chi connectivity index (χ3n) is 8.46. The van der Waals surface area contributed by atoms with Crippen LogP contribution in [-0.2, 0) is 11.3 Å². The van der Waals surface area contributed by atoms with E-state index in [0.29, 0.717) is 42.6 Å². The highest BCUT2D eigenvalue weighted by molar-refractivity contribution is 5.84. The molecule has 3 aliphatic rings. The van der Waals surface area contributed by atoms with Crippen LogP contribution in [0.1, 0.15) is 64.6 Å². The zero-order valence-corrected chi connectivity index (χ0v) is 24.7. The molecule has 234 valence electrons. The summed E-state index contributed by atoms with van der Waals surface area (Å²) in [5.41, 5.74) is 0.973. The Bertz CT molecular complexity index is 1400. The molecule has 0 radical (unpaired) electrons. The number of aromatic nitrogens is 8. The first-order valence-corrected chi connectivity index (χ1v) is 15.2. The van der Waals surface area contributed by atoms with Gasteiger partial charge in [0.1, 0.15) is 12.2 Å². The lowest BCUT2D eigenvalue weighted by Gasteiger charge is -2.22. The van der Waals surface area contributed by atoms with E-state index in [-0.39, 0.29) is 30.0 Å². The molecule has 6 heterocycles. The number of carbonyl (C=O) groups is 1. The number of imidazole rings is 1. The van der Waals surface area contributed by atoms with Gasteiger partial charge in [-0.05, 0) is 44.4 Å². The second-order valence-corrected chi connectivity index (χ2v) is 11.4. The van der Waals surface area contributed by atoms with Crippen LogP contribution in [-0.4, -0.2) is 112 Å². The average Bonchev–Trinajstić information content (AvgIpc) is 3.84. The van der Waals surface area contributed by atoms with Gasteiger partial charge in [0.2, 0.25) is 11.8 Å². The zero-order chi connectivity index (χ0) is 30.1. The molecule has 3 saturated heterocycles. The van der Waals surface area contributed by atoms with E-state index in [1.807, 2.05) is 11.8 Å². The number of carbonyl (C=O) groups excluding carboxylic acids is 1. The first kappa shape index (κ1) is 29.4. The Hall–Kier alpha value is -3.67. The van der Waals surface area contributed by atoms with E-state index < -0.39 is 24.5 Å². The highest BCUT2D eigenvalue weighted by atomic mass is 16.6. The summed E-state index contributed by atoms with van der Waals surface area (Å²) in [5.74, 6) is 1.24. The number of anilines is 2. The third-order valence-corrected chi connectivity index (χ3v) is 8.46. The number of nitrogens with zero attached hydrogens (tertiary/aromatic N) is 9. The largest absolute Gasteiger partial charge is 0.387 e. The van der Waals surface area contributed by atoms with E-state index in [9.17, 15) is 15.0 Å². The van der Waals surface area contributed by atoms with Crippen molar-refractivity contribution in [2.45, 2.75) is 95.7 Å². The van der Waals surface area contributed by atoms with Gasteiger partial charge in [-0.1, -0.05) is 13.8 Å². The number of hydrogen-bond acceptors (Lipinski definition) is 13. The van der Waals surface area contributed by atoms with Gasteiger partial charge in [-0.25, -0.2) is 9.78 Å². The quantitative estimate of drug-likeness (QED) is 0.177. The molecule has 17 nitrogen and oxygen atoms in total. The van der Waals surface area contributed by atoms with Gasteiger partial charge in [-0.15, -0.1) is 10.2 Å². The number of ether oxygens (including phenoxy) is 1. The van der Waals surface area contributed by atoms with E-state index >= 15 is 0 Å². The van der Waals surface area contributed by atoms with E-state index in [0.717, 1.165) is 38.8 Å². The smallest absolute Gasteiger partial charge is 0.315 e. The molecule has 0 unspecified atom stereocenters. The molecule has 0 bridgehead atoms. The second kappa shape index (κ2) is 12.5. The number of tetrazole rings is 1. The zero-order valence-electron chi connectivity index (χ0n) is 24.7. The molecule has 0 aliphatic carbocycles. The van der Waals surface area contributed by atoms with Gasteiger partial charge in [0.05, 0.1) is 12.9 Å². The molecule has 3 aromatic heterocycles. The molecule has 43 heavy (non-hydrogen) atoms. The fourth-order valence-electron chi connectivity index (χ4n) is 5.88. The molecule has 3 aliphatic heterocycles. The lowest BCUT2D eigenvalue weighted by atomic mass is 10.1. The van der Waals surface area contributed by atoms with Crippen LogP contribution in [0.3, 0.4) is 0 Å². The van der Waals surface area contributed by atoms with E-state index in [1.54, 1.807) is 4.57 Å². The molecule has 6 rings (SSSR count). The first-order valence-electron chi connectivity index (χ1n) is 15.2. The summed E-state index contributed by atoms with van der Waals surface area (Å²) in [6, 6.07) is 0.0847. The van der Waals surface area contributed by atoms with Crippen molar-refractivity contribution in [1.82, 2.24) is 55.7 Å². The normalized spacial score (nSPS) is 27.4. The van der Waals surface area contributed by atoms with E-state index in [4.69, 9.17) is 14.7 Å². The molecular weight excluding hydrogens is 558 g/mol. The highest BCUT2D eigenvalue weighted by Gasteiger charge is 2.47. The Kier molecular flexibility index (Phi) is 8.56. The fraction of sp³-hybridized carbons (Fsp3) is 0.731. The van der Waals surface area contributed by atoms with Crippen molar-refractivity contribution in [3.63, 3.8) is 0 Å². The van der Waals surface area contributed by atoms with Crippen LogP contribution >= 0.6 is 0 Å². The molecule has 3 fully saturated rings. The maximum Gasteiger partial charge on any atom is 0.315 e. The molecule has 17 heteroatoms. The number of aliphatic hydroxyl groups is 2. The van der Waals surface area contributed by atoms with Crippen molar-refractivity contribution >= 4 is 29.0 Å². The average molecular weight is 600 g/mol. The van der Waals surface area contributed by atoms with E-state index in [1.165, 1.54) is 11.1 Å². The topological polar surface area (TPSA) is 205 Å². The van der Waals surface area contributed by atoms with Crippen molar-refractivity contribution < 1.29 is 19.7 Å². The van der Waals surface area contributed by atoms with Crippen molar-refractivity contribution in [1.29, 1.82) is 0 Å². The lowest BCUT2D eigenvalue weighted by molar-refractivity contribution is -0.0384. The monoisotopic (exact) mass is 599 g/mol. The number of aryl methyl sites for hydroxylation is 1. The fourth-order valence-corrected chi connectivity index (χ4v) is 5.88. The molecule has 3 aromatic rings. The predicted octanol–water partition coefficient (Wildman–Crippen LogP) is -0.335. The van der Waals surface area contributed by atoms with Crippen molar-refractivity contribution in [2.75, 3.05) is 36.4 Å². The summed E-state index contributed by atoms with van der Waals surface area (Å²) in [6.07, 6.45) is 0.446. The second-order valence-electron chi connectivity index (χ2n) is 11.4. The van der Waals surface area contributed by atoms with Crippen molar-refractivity contribution in [2.24, 2.45) is 0 Å². The SMILES string of the molecule is CCC(CC)Nc1nc(N2CC[C@@H](NC(=O)N[C@@H]3CCNC3)C2)nc2c1ncn2[C@@H]1O[C@H](c2nnn(CC)n2)[C@@H](O)[C@@H]1O. The van der Waals surface area contributed by atoms with Gasteiger partial charge >= 0.3 is 6.03 Å². The van der Waals surface area contributed by atoms with Crippen LogP contribution in [0.4, 0.5) is 16.6 Å². The molecule has 2 amide bonds. The molecule has 6 atom stereocenters. The van der Waals surface area contributed by atoms with Crippen molar-refractivity contribution in [3.05, 3.63) is 12.2 Å². The number of amides is 2. The number of urea groups is 1. The Morgan fingerprint density at radius 3 is 2.67 bits per heavy atom. The number of fused-ring (bicyclic) bond motifs is 1. The number of nitrogens with one attached hydrogen (secondary N) is 4. The standard InChI is InChI=1S/C26H41N13O4/c1-4-14(5-2)29-21-17-23(33-25(32-21)37-10-8-16(12-37)31-26(42)30-15-7-9-27-11-15)38(13-28-17)24-19(41)18(40)20(43-24)22-34-36-39(6-3)35-22/h13-16,18-20,24,27,40-41H,4-12H2,1-3H3,(H,29,32,33)(H2,30,31,42)/t15-,16-,18+,19+,20+,24-/m1/s1. The first-order chi connectivity index (χ1) is 20.9. The van der Waals surface area contributed by atoms with Crippen LogP contribution in [0.5, 0.6) is 0 Å². The number of rotatable bonds is 10. The Morgan fingerprint density at radius 1 is 1.14 bits per heavy atom. The van der Waals surface area contributed by atoms with Gasteiger partial charge in [-0.3, -0.25) is 4.57 Å². The van der Waals surface area contributed by atoms with Crippen LogP contribution < -0.4 is 26.2 Å². The molecule has 0 spiro atoms. The molecular formula is C26H41N13O4. The Morgan fingerprint density at radius 2 is 1.95 bits per heavy atom. The van der Waals surface area contributed by atoms with Crippen LogP contribution in [0.25, 0.3) is 11.2 Å². The third kappa shape index (κ3) is 5.93. The maximum atomic E-state index is 12.6. The van der Waals surface area contributed by atoms with Gasteiger partial charge in [0, 0.05) is 37.8 Å². The number of aliphatic hydroxyl groups excluding tert-OH is 2. The minimum Gasteiger partial charge on any atom is -0.387 e. The van der Waals surface area contributed by atoms with Crippen LogP contribution in [0.2, 0.25) is 0 Å². The summed E-state index contributed by atoms with van der Waals surface area (Å²) >= 11 is 0. The van der Waals surface area contributed by atoms with Crippen LogP contribution in [0.15, 0.2) is 6.33 Å². The molecule has 0 aromatic carbocycles. The minimum atomic E-state index is -1.29. The predicted molar refractivity (Wildman–Crippen MR) is 155 cm³/mol. The minimum absolute atomic E-state index is 0.0612. The molecule has 6 N–H and O–H groups in total. The summed E-state index contributed by atoms with van der Waals surface area (Å²) < 4.78 is 7.73. The lowest BCUT2D eigenvalue weighted by Crippen LogP contribution is -2.47. The highest BCUT2D eigenvalue weighted by Crippen LogP contribution is 2.39. The summed E-state index contributed by atoms with van der Waals surface area (Å²) in [7, 11) is 0. The summed E-state index contributed by atoms with van der Waals surface area (Å²) in [4.78, 5) is 30.3. The van der Waals surface area contributed by atoms with Crippen LogP contribution in [0, 0.1) is 0 Å².